The van der Waals surface area contributed by atoms with Crippen LogP contribution in [0.15, 0.2) is 18.3 Å². The summed E-state index contributed by atoms with van der Waals surface area (Å²) in [5, 5.41) is 9.69. The predicted molar refractivity (Wildman–Crippen MR) is 119 cm³/mol. The van der Waals surface area contributed by atoms with Crippen molar-refractivity contribution in [3.05, 3.63) is 35.5 Å². The topological polar surface area (TPSA) is 100 Å². The van der Waals surface area contributed by atoms with Gasteiger partial charge in [0.2, 0.25) is 5.91 Å². The normalized spacial score (nSPS) is 28.2. The molecule has 2 unspecified atom stereocenters. The molecule has 5 rings (SSSR count). The Morgan fingerprint density at radius 2 is 1.86 bits per heavy atom. The van der Waals surface area contributed by atoms with E-state index in [-0.39, 0.29) is 60.5 Å². The number of nitrogens with zero attached hydrogens (tertiary/aromatic N) is 3. The average Bonchev–Trinajstić information content (AvgIpc) is 3.42. The molecular weight excluding hydrogens is 482 g/mol. The first-order valence-electron chi connectivity index (χ1n) is 12.1. The highest BCUT2D eigenvalue weighted by Crippen LogP contribution is 2.40. The van der Waals surface area contributed by atoms with E-state index in [9.17, 15) is 27.2 Å². The van der Waals surface area contributed by atoms with E-state index in [4.69, 9.17) is 4.74 Å². The van der Waals surface area contributed by atoms with E-state index in [1.165, 1.54) is 6.07 Å². The number of hydrogen-bond donors (Lipinski definition) is 2. The van der Waals surface area contributed by atoms with Crippen molar-refractivity contribution < 1.29 is 31.9 Å². The summed E-state index contributed by atoms with van der Waals surface area (Å²) in [7, 11) is 0. The number of aromatic amines is 1. The molecule has 4 atom stereocenters. The Balaban J connectivity index is 1.20. The summed E-state index contributed by atoms with van der Waals surface area (Å²) in [6.45, 7) is 1.57. The standard InChI is InChI=1S/C24H27F4N5O3/c1-12-6-17(18(25)10-29-12)19-9-20(32-31-19)23(35)33-15-3-4-16(33)8-13(7-15)22(34)30-14-2-5-21(36-11-14)24(26,27)28/h6,9-10,13-16,21H,2-5,7-8,11H2,1H3,(H,30,34)(H,31,32)/t13?,14-,15?,16?,21+/m1/s1. The van der Waals surface area contributed by atoms with Crippen LogP contribution in [0.25, 0.3) is 11.3 Å². The van der Waals surface area contributed by atoms with Crippen LogP contribution in [0.2, 0.25) is 0 Å². The van der Waals surface area contributed by atoms with Gasteiger partial charge in [-0.25, -0.2) is 4.39 Å². The van der Waals surface area contributed by atoms with Crippen LogP contribution in [0.5, 0.6) is 0 Å². The number of ether oxygens (including phenoxy) is 1. The molecule has 2 aromatic heterocycles. The summed E-state index contributed by atoms with van der Waals surface area (Å²) in [6.07, 6.45) is -2.56. The molecule has 3 saturated heterocycles. The van der Waals surface area contributed by atoms with E-state index in [2.05, 4.69) is 20.5 Å². The van der Waals surface area contributed by atoms with Gasteiger partial charge in [0.25, 0.3) is 5.91 Å². The molecule has 36 heavy (non-hydrogen) atoms. The summed E-state index contributed by atoms with van der Waals surface area (Å²) >= 11 is 0. The van der Waals surface area contributed by atoms with Crippen molar-refractivity contribution in [2.75, 3.05) is 6.61 Å². The highest BCUT2D eigenvalue weighted by atomic mass is 19.4. The van der Waals surface area contributed by atoms with Gasteiger partial charge in [0.1, 0.15) is 0 Å². The van der Waals surface area contributed by atoms with Crippen LogP contribution in [0.1, 0.15) is 54.7 Å². The molecule has 0 radical (unpaired) electrons. The Morgan fingerprint density at radius 3 is 2.50 bits per heavy atom. The number of carbonyl (C=O) groups is 2. The highest BCUT2D eigenvalue weighted by molar-refractivity contribution is 5.94. The predicted octanol–water partition coefficient (Wildman–Crippen LogP) is 3.53. The van der Waals surface area contributed by atoms with Gasteiger partial charge in [-0.15, -0.1) is 0 Å². The van der Waals surface area contributed by atoms with E-state index in [1.54, 1.807) is 17.9 Å². The number of amides is 2. The number of halogens is 4. The van der Waals surface area contributed by atoms with Crippen LogP contribution in [0.3, 0.4) is 0 Å². The van der Waals surface area contributed by atoms with Crippen LogP contribution in [-0.4, -0.2) is 68.9 Å². The van der Waals surface area contributed by atoms with Gasteiger partial charge in [-0.3, -0.25) is 19.7 Å². The van der Waals surface area contributed by atoms with Gasteiger partial charge in [0.15, 0.2) is 17.6 Å². The van der Waals surface area contributed by atoms with Gasteiger partial charge in [-0.2, -0.15) is 18.3 Å². The first-order valence-corrected chi connectivity index (χ1v) is 12.1. The van der Waals surface area contributed by atoms with E-state index in [0.717, 1.165) is 19.0 Å². The van der Waals surface area contributed by atoms with Gasteiger partial charge in [0, 0.05) is 29.3 Å². The average molecular weight is 510 g/mol. The van der Waals surface area contributed by atoms with Crippen LogP contribution in [0, 0.1) is 18.7 Å². The Bertz CT molecular complexity index is 1130. The van der Waals surface area contributed by atoms with Crippen molar-refractivity contribution in [1.29, 1.82) is 0 Å². The smallest absolute Gasteiger partial charge is 0.367 e. The monoisotopic (exact) mass is 509 g/mol. The van der Waals surface area contributed by atoms with E-state index < -0.39 is 24.1 Å². The second kappa shape index (κ2) is 9.45. The fourth-order valence-corrected chi connectivity index (χ4v) is 5.62. The number of fused-ring (bicyclic) bond motifs is 2. The maximum atomic E-state index is 14.2. The first kappa shape index (κ1) is 24.7. The zero-order valence-corrected chi connectivity index (χ0v) is 19.6. The number of rotatable bonds is 4. The van der Waals surface area contributed by atoms with E-state index >= 15 is 0 Å². The number of carbonyl (C=O) groups excluding carboxylic acids is 2. The Kier molecular flexibility index (Phi) is 6.48. The summed E-state index contributed by atoms with van der Waals surface area (Å²) in [5.41, 5.74) is 1.47. The van der Waals surface area contributed by atoms with Crippen molar-refractivity contribution in [2.45, 2.75) is 75.9 Å². The minimum absolute atomic E-state index is 0.135. The number of alkyl halides is 3. The molecule has 3 aliphatic heterocycles. The van der Waals surface area contributed by atoms with Gasteiger partial charge in [-0.1, -0.05) is 0 Å². The third kappa shape index (κ3) is 4.82. The van der Waals surface area contributed by atoms with Crippen LogP contribution < -0.4 is 5.32 Å². The fraction of sp³-hybridized carbons (Fsp3) is 0.583. The maximum absolute atomic E-state index is 14.2. The number of piperidine rings is 1. The molecule has 2 N–H and O–H groups in total. The van der Waals surface area contributed by atoms with Crippen molar-refractivity contribution in [3.8, 4) is 11.3 Å². The van der Waals surface area contributed by atoms with Gasteiger partial charge in [-0.05, 0) is 57.6 Å². The highest BCUT2D eigenvalue weighted by Gasteiger charge is 2.47. The Morgan fingerprint density at radius 1 is 1.14 bits per heavy atom. The number of aryl methyl sites for hydroxylation is 1. The molecular formula is C24H27F4N5O3. The second-order valence-corrected chi connectivity index (χ2v) is 9.88. The molecule has 2 amide bonds. The van der Waals surface area contributed by atoms with Gasteiger partial charge < -0.3 is 15.0 Å². The summed E-state index contributed by atoms with van der Waals surface area (Å²) in [5.74, 6) is -1.32. The number of nitrogens with one attached hydrogen (secondary N) is 2. The largest absolute Gasteiger partial charge is 0.414 e. The lowest BCUT2D eigenvalue weighted by Gasteiger charge is -2.39. The lowest BCUT2D eigenvalue weighted by molar-refractivity contribution is -0.232. The third-order valence-electron chi connectivity index (χ3n) is 7.40. The zero-order valence-electron chi connectivity index (χ0n) is 19.6. The lowest BCUT2D eigenvalue weighted by Crippen LogP contribution is -2.52. The molecule has 2 bridgehead atoms. The molecule has 194 valence electrons. The number of hydrogen-bond acceptors (Lipinski definition) is 5. The van der Waals surface area contributed by atoms with Crippen molar-refractivity contribution >= 4 is 11.8 Å². The van der Waals surface area contributed by atoms with Crippen molar-refractivity contribution in [1.82, 2.24) is 25.4 Å². The number of aromatic nitrogens is 3. The molecule has 2 aromatic rings. The van der Waals surface area contributed by atoms with Crippen molar-refractivity contribution in [3.63, 3.8) is 0 Å². The van der Waals surface area contributed by atoms with Gasteiger partial charge in [0.05, 0.1) is 24.5 Å². The molecule has 0 aliphatic carbocycles. The third-order valence-corrected chi connectivity index (χ3v) is 7.40. The minimum atomic E-state index is -4.39. The van der Waals surface area contributed by atoms with Crippen LogP contribution in [-0.2, 0) is 9.53 Å². The van der Waals surface area contributed by atoms with Gasteiger partial charge >= 0.3 is 6.18 Å². The van der Waals surface area contributed by atoms with Crippen molar-refractivity contribution in [2.24, 2.45) is 5.92 Å². The van der Waals surface area contributed by atoms with E-state index in [1.807, 2.05) is 0 Å². The molecule has 5 heterocycles. The number of pyridine rings is 1. The Labute approximate surface area is 204 Å². The summed E-state index contributed by atoms with van der Waals surface area (Å²) in [6, 6.07) is 2.38. The zero-order chi connectivity index (χ0) is 25.6. The molecule has 0 spiro atoms. The van der Waals surface area contributed by atoms with Crippen LogP contribution in [0.4, 0.5) is 17.6 Å². The fourth-order valence-electron chi connectivity index (χ4n) is 5.62. The minimum Gasteiger partial charge on any atom is -0.367 e. The quantitative estimate of drug-likeness (QED) is 0.615. The molecule has 8 nitrogen and oxygen atoms in total. The van der Waals surface area contributed by atoms with E-state index in [0.29, 0.717) is 24.2 Å². The summed E-state index contributed by atoms with van der Waals surface area (Å²) in [4.78, 5) is 31.9. The molecule has 0 saturated carbocycles. The Hall–Kier alpha value is -3.02. The van der Waals surface area contributed by atoms with Crippen LogP contribution >= 0.6 is 0 Å². The maximum Gasteiger partial charge on any atom is 0.414 e. The summed E-state index contributed by atoms with van der Waals surface area (Å²) < 4.78 is 57.5. The molecule has 12 heteroatoms. The molecule has 3 aliphatic rings. The second-order valence-electron chi connectivity index (χ2n) is 9.88. The first-order chi connectivity index (χ1) is 17.1. The molecule has 3 fully saturated rings. The number of H-pyrrole nitrogens is 1. The SMILES string of the molecule is Cc1cc(-c2cc(C(=O)N3C4CCC3CC(C(=O)N[C@@H]3CC[C@@H](C(F)(F)F)OC3)C4)n[nH]2)c(F)cn1. The molecule has 0 aromatic carbocycles. The lowest BCUT2D eigenvalue weighted by atomic mass is 9.89.